The molecule has 0 aliphatic carbocycles. The van der Waals surface area contributed by atoms with Gasteiger partial charge in [-0.3, -0.25) is 0 Å². The van der Waals surface area contributed by atoms with Crippen LogP contribution in [-0.2, 0) is 0 Å². The highest BCUT2D eigenvalue weighted by Crippen LogP contribution is 2.01. The van der Waals surface area contributed by atoms with E-state index in [9.17, 15) is 0 Å². The van der Waals surface area contributed by atoms with Crippen LogP contribution in [-0.4, -0.2) is 38.6 Å². The molecule has 0 unspecified atom stereocenters. The molecule has 0 aromatic carbocycles. The van der Waals surface area contributed by atoms with Crippen LogP contribution in [0.15, 0.2) is 0 Å². The van der Waals surface area contributed by atoms with Crippen molar-refractivity contribution in [2.24, 2.45) is 5.92 Å². The van der Waals surface area contributed by atoms with Crippen LogP contribution in [0.5, 0.6) is 0 Å². The summed E-state index contributed by atoms with van der Waals surface area (Å²) in [4.78, 5) is 2.20. The Morgan fingerprint density at radius 3 is 2.33 bits per heavy atom. The fourth-order valence-corrected chi connectivity index (χ4v) is 1.06. The highest BCUT2D eigenvalue weighted by molar-refractivity contribution is 4.52. The molecular formula is C10H24N2. The summed E-state index contributed by atoms with van der Waals surface area (Å²) in [5.74, 6) is 0.848. The van der Waals surface area contributed by atoms with Crippen molar-refractivity contribution in [2.75, 3.05) is 33.7 Å². The minimum atomic E-state index is 0.848. The molecule has 0 aromatic rings. The van der Waals surface area contributed by atoms with Crippen LogP contribution >= 0.6 is 0 Å². The Kier molecular flexibility index (Phi) is 7.51. The highest BCUT2D eigenvalue weighted by Gasteiger charge is 1.93. The van der Waals surface area contributed by atoms with Crippen LogP contribution in [0, 0.1) is 5.92 Å². The first-order chi connectivity index (χ1) is 5.63. The molecule has 0 bridgehead atoms. The smallest absolute Gasteiger partial charge is 0.0101 e. The lowest BCUT2D eigenvalue weighted by Gasteiger charge is -2.10. The number of hydrogen-bond donors (Lipinski definition) is 1. The molecule has 2 nitrogen and oxygen atoms in total. The van der Waals surface area contributed by atoms with Gasteiger partial charge in [-0.1, -0.05) is 13.8 Å². The van der Waals surface area contributed by atoms with Crippen LogP contribution in [0.2, 0.25) is 0 Å². The van der Waals surface area contributed by atoms with Crippen LogP contribution in [0.25, 0.3) is 0 Å². The molecule has 1 N–H and O–H groups in total. The first kappa shape index (κ1) is 11.9. The van der Waals surface area contributed by atoms with Crippen LogP contribution < -0.4 is 5.32 Å². The number of nitrogens with zero attached hydrogens (tertiary/aromatic N) is 1. The van der Waals surface area contributed by atoms with Gasteiger partial charge in [0, 0.05) is 13.1 Å². The molecular weight excluding hydrogens is 148 g/mol. The number of rotatable bonds is 7. The van der Waals surface area contributed by atoms with Gasteiger partial charge in [0.2, 0.25) is 0 Å². The predicted octanol–water partition coefficient (Wildman–Crippen LogP) is 1.57. The molecule has 2 heteroatoms. The number of hydrogen-bond acceptors (Lipinski definition) is 2. The molecule has 0 rings (SSSR count). The van der Waals surface area contributed by atoms with Gasteiger partial charge in [0.05, 0.1) is 0 Å². The molecule has 0 fully saturated rings. The molecule has 0 radical (unpaired) electrons. The zero-order valence-corrected chi connectivity index (χ0v) is 9.06. The van der Waals surface area contributed by atoms with E-state index in [-0.39, 0.29) is 0 Å². The van der Waals surface area contributed by atoms with Crippen molar-refractivity contribution < 1.29 is 0 Å². The molecule has 0 aliphatic heterocycles. The SMILES string of the molecule is CC(C)CCCNCCN(C)C. The van der Waals surface area contributed by atoms with E-state index >= 15 is 0 Å². The van der Waals surface area contributed by atoms with Gasteiger partial charge in [-0.25, -0.2) is 0 Å². The van der Waals surface area contributed by atoms with Crippen LogP contribution in [0.3, 0.4) is 0 Å². The molecule has 0 aliphatic rings. The van der Waals surface area contributed by atoms with E-state index in [1.165, 1.54) is 19.4 Å². The average Bonchev–Trinajstić information content (AvgIpc) is 1.95. The van der Waals surface area contributed by atoms with E-state index in [4.69, 9.17) is 0 Å². The monoisotopic (exact) mass is 172 g/mol. The zero-order valence-electron chi connectivity index (χ0n) is 9.06. The van der Waals surface area contributed by atoms with Crippen molar-refractivity contribution in [2.45, 2.75) is 26.7 Å². The summed E-state index contributed by atoms with van der Waals surface area (Å²) in [6.45, 7) is 7.98. The average molecular weight is 172 g/mol. The van der Waals surface area contributed by atoms with Gasteiger partial charge in [0.25, 0.3) is 0 Å². The van der Waals surface area contributed by atoms with Gasteiger partial charge < -0.3 is 10.2 Å². The summed E-state index contributed by atoms with van der Waals surface area (Å²) in [7, 11) is 4.21. The Morgan fingerprint density at radius 1 is 1.17 bits per heavy atom. The summed E-state index contributed by atoms with van der Waals surface area (Å²) in [5, 5.41) is 3.43. The van der Waals surface area contributed by atoms with E-state index in [0.717, 1.165) is 19.0 Å². The fraction of sp³-hybridized carbons (Fsp3) is 1.00. The lowest BCUT2D eigenvalue weighted by atomic mass is 10.1. The summed E-state index contributed by atoms with van der Waals surface area (Å²) in [6.07, 6.45) is 2.65. The number of nitrogens with one attached hydrogen (secondary N) is 1. The van der Waals surface area contributed by atoms with Gasteiger partial charge in [0.1, 0.15) is 0 Å². The van der Waals surface area contributed by atoms with Crippen LogP contribution in [0.4, 0.5) is 0 Å². The molecule has 74 valence electrons. The molecule has 0 heterocycles. The Hall–Kier alpha value is -0.0800. The number of likely N-dealkylation sites (N-methyl/N-ethyl adjacent to an activating group) is 1. The van der Waals surface area contributed by atoms with Crippen molar-refractivity contribution in [1.29, 1.82) is 0 Å². The van der Waals surface area contributed by atoms with E-state index < -0.39 is 0 Å². The fourth-order valence-electron chi connectivity index (χ4n) is 1.06. The minimum Gasteiger partial charge on any atom is -0.315 e. The Labute approximate surface area is 77.3 Å². The van der Waals surface area contributed by atoms with Crippen molar-refractivity contribution in [3.8, 4) is 0 Å². The Morgan fingerprint density at radius 2 is 1.83 bits per heavy atom. The van der Waals surface area contributed by atoms with Gasteiger partial charge in [0.15, 0.2) is 0 Å². The second-order valence-electron chi connectivity index (χ2n) is 4.09. The predicted molar refractivity (Wildman–Crippen MR) is 55.5 cm³/mol. The molecule has 0 atom stereocenters. The first-order valence-corrected chi connectivity index (χ1v) is 4.98. The summed E-state index contributed by atoms with van der Waals surface area (Å²) >= 11 is 0. The summed E-state index contributed by atoms with van der Waals surface area (Å²) < 4.78 is 0. The van der Waals surface area contributed by atoms with E-state index in [0.29, 0.717) is 0 Å². The third-order valence-corrected chi connectivity index (χ3v) is 1.87. The lowest BCUT2D eigenvalue weighted by Crippen LogP contribution is -2.27. The van der Waals surface area contributed by atoms with E-state index in [2.05, 4.69) is 38.2 Å². The summed E-state index contributed by atoms with van der Waals surface area (Å²) in [5.41, 5.74) is 0. The van der Waals surface area contributed by atoms with Crippen molar-refractivity contribution in [3.05, 3.63) is 0 Å². The molecule has 0 saturated carbocycles. The molecule has 0 aromatic heterocycles. The zero-order chi connectivity index (χ0) is 9.40. The van der Waals surface area contributed by atoms with Crippen molar-refractivity contribution in [1.82, 2.24) is 10.2 Å². The van der Waals surface area contributed by atoms with E-state index in [1.54, 1.807) is 0 Å². The van der Waals surface area contributed by atoms with Crippen molar-refractivity contribution >= 4 is 0 Å². The second-order valence-corrected chi connectivity index (χ2v) is 4.09. The largest absolute Gasteiger partial charge is 0.315 e. The second kappa shape index (κ2) is 7.56. The first-order valence-electron chi connectivity index (χ1n) is 4.98. The molecule has 0 amide bonds. The van der Waals surface area contributed by atoms with Crippen molar-refractivity contribution in [3.63, 3.8) is 0 Å². The molecule has 0 saturated heterocycles. The van der Waals surface area contributed by atoms with Gasteiger partial charge in [-0.15, -0.1) is 0 Å². The topological polar surface area (TPSA) is 15.3 Å². The molecule has 12 heavy (non-hydrogen) atoms. The Bertz CT molecular complexity index is 77.8. The highest BCUT2D eigenvalue weighted by atomic mass is 15.1. The third-order valence-electron chi connectivity index (χ3n) is 1.87. The normalized spacial score (nSPS) is 11.5. The van der Waals surface area contributed by atoms with Gasteiger partial charge in [-0.05, 0) is 39.4 Å². The lowest BCUT2D eigenvalue weighted by molar-refractivity contribution is 0.397. The minimum absolute atomic E-state index is 0.848. The maximum atomic E-state index is 3.43. The van der Waals surface area contributed by atoms with Gasteiger partial charge >= 0.3 is 0 Å². The summed E-state index contributed by atoms with van der Waals surface area (Å²) in [6, 6.07) is 0. The van der Waals surface area contributed by atoms with Gasteiger partial charge in [-0.2, -0.15) is 0 Å². The Balaban J connectivity index is 2.91. The van der Waals surface area contributed by atoms with E-state index in [1.807, 2.05) is 0 Å². The molecule has 0 spiro atoms. The van der Waals surface area contributed by atoms with Crippen LogP contribution in [0.1, 0.15) is 26.7 Å². The maximum absolute atomic E-state index is 3.43. The third kappa shape index (κ3) is 9.92. The maximum Gasteiger partial charge on any atom is 0.0101 e. The quantitative estimate of drug-likeness (QED) is 0.586. The standard InChI is InChI=1S/C10H24N2/c1-10(2)6-5-7-11-8-9-12(3)4/h10-11H,5-9H2,1-4H3.